The van der Waals surface area contributed by atoms with Gasteiger partial charge in [0.1, 0.15) is 34.9 Å². The number of halogens is 4. The van der Waals surface area contributed by atoms with Crippen molar-refractivity contribution in [2.75, 3.05) is 6.54 Å². The lowest BCUT2D eigenvalue weighted by molar-refractivity contribution is -0.158. The normalized spacial score (nSPS) is 13.3. The van der Waals surface area contributed by atoms with Crippen molar-refractivity contribution < 1.29 is 36.7 Å². The van der Waals surface area contributed by atoms with Crippen molar-refractivity contribution in [3.05, 3.63) is 93.7 Å². The first-order chi connectivity index (χ1) is 20.0. The molecule has 0 spiro atoms. The Kier molecular flexibility index (Phi) is 12.9. The average Bonchev–Trinajstić information content (AvgIpc) is 2.88. The molecule has 0 aromatic heterocycles. The van der Waals surface area contributed by atoms with Crippen LogP contribution < -0.4 is 11.1 Å². The fourth-order valence-corrected chi connectivity index (χ4v) is 4.21. The molecule has 234 valence electrons. The summed E-state index contributed by atoms with van der Waals surface area (Å²) in [4.78, 5) is 38.1. The lowest BCUT2D eigenvalue weighted by Gasteiger charge is -2.25. The Bertz CT molecular complexity index is 1370. The van der Waals surface area contributed by atoms with Gasteiger partial charge in [0.25, 0.3) is 0 Å². The number of benzene rings is 2. The van der Waals surface area contributed by atoms with E-state index in [0.29, 0.717) is 18.1 Å². The highest BCUT2D eigenvalue weighted by molar-refractivity contribution is 6.11. The molecule has 2 rings (SSSR count). The van der Waals surface area contributed by atoms with Gasteiger partial charge in [-0.2, -0.15) is 0 Å². The first-order valence-electron chi connectivity index (χ1n) is 14.1. The van der Waals surface area contributed by atoms with Crippen LogP contribution in [0, 0.1) is 29.2 Å². The van der Waals surface area contributed by atoms with Gasteiger partial charge in [0.2, 0.25) is 0 Å². The highest BCUT2D eigenvalue weighted by Crippen LogP contribution is 2.20. The number of nitrogens with one attached hydrogen (secondary N) is 1. The second-order valence-corrected chi connectivity index (χ2v) is 11.7. The SMILES string of the molecule is CC/C(N)=C(\C=C/C(=O)Cc1c(F)cc(CCN[C@H](CC(C)C)C(=O)OC(C)(C)C)cc1F)C(=O)c1ccc(F)cc1F. The summed E-state index contributed by atoms with van der Waals surface area (Å²) in [6.45, 7) is 11.2. The number of carbonyl (C=O) groups is 3. The van der Waals surface area contributed by atoms with Gasteiger partial charge in [0, 0.05) is 29.3 Å². The predicted molar refractivity (Wildman–Crippen MR) is 157 cm³/mol. The van der Waals surface area contributed by atoms with Gasteiger partial charge in [-0.25, -0.2) is 17.6 Å². The van der Waals surface area contributed by atoms with Crippen LogP contribution in [0.3, 0.4) is 0 Å². The van der Waals surface area contributed by atoms with Crippen LogP contribution in [0.2, 0.25) is 0 Å². The molecular weight excluding hydrogens is 564 g/mol. The van der Waals surface area contributed by atoms with Crippen LogP contribution in [0.4, 0.5) is 17.6 Å². The standard InChI is InChI=1S/C33H40F4N2O4/c1-7-29(38)24(31(41)23-10-8-21(34)17-28(23)37)11-9-22(40)18-25-26(35)15-20(16-27(25)36)12-13-39-30(14-19(2)3)32(42)43-33(4,5)6/h8-11,15-17,19,30,39H,7,12-14,18,38H2,1-6H3/b11-9-,29-24-/t30-/m1/s1. The average molecular weight is 605 g/mol. The van der Waals surface area contributed by atoms with E-state index in [1.807, 2.05) is 13.8 Å². The van der Waals surface area contributed by atoms with Gasteiger partial charge in [0.15, 0.2) is 11.6 Å². The molecule has 0 radical (unpaired) electrons. The number of ketones is 2. The number of esters is 1. The van der Waals surface area contributed by atoms with E-state index in [2.05, 4.69) is 5.32 Å². The molecule has 0 aliphatic carbocycles. The van der Waals surface area contributed by atoms with Crippen molar-refractivity contribution in [2.24, 2.45) is 11.7 Å². The summed E-state index contributed by atoms with van der Waals surface area (Å²) in [5.74, 6) is -5.58. The van der Waals surface area contributed by atoms with E-state index in [1.165, 1.54) is 0 Å². The third kappa shape index (κ3) is 11.1. The number of allylic oxidation sites excluding steroid dienone is 4. The lowest BCUT2D eigenvalue weighted by Crippen LogP contribution is -2.42. The molecule has 3 N–H and O–H groups in total. The van der Waals surface area contributed by atoms with Crippen LogP contribution >= 0.6 is 0 Å². The molecule has 0 amide bonds. The van der Waals surface area contributed by atoms with Crippen molar-refractivity contribution in [3.8, 4) is 0 Å². The van der Waals surface area contributed by atoms with E-state index in [1.54, 1.807) is 27.7 Å². The van der Waals surface area contributed by atoms with Gasteiger partial charge < -0.3 is 15.8 Å². The maximum Gasteiger partial charge on any atom is 0.323 e. The monoisotopic (exact) mass is 604 g/mol. The quantitative estimate of drug-likeness (QED) is 0.0863. The molecule has 0 fully saturated rings. The van der Waals surface area contributed by atoms with E-state index in [-0.39, 0.29) is 36.6 Å². The molecule has 0 heterocycles. The molecule has 0 bridgehead atoms. The molecule has 2 aromatic carbocycles. The molecule has 0 saturated heterocycles. The highest BCUT2D eigenvalue weighted by Gasteiger charge is 2.26. The van der Waals surface area contributed by atoms with Gasteiger partial charge >= 0.3 is 5.97 Å². The molecule has 6 nitrogen and oxygen atoms in total. The highest BCUT2D eigenvalue weighted by atomic mass is 19.1. The number of hydrogen-bond donors (Lipinski definition) is 2. The minimum absolute atomic E-state index is 0.0513. The van der Waals surface area contributed by atoms with Crippen molar-refractivity contribution in [1.82, 2.24) is 5.32 Å². The van der Waals surface area contributed by atoms with Crippen molar-refractivity contribution in [3.63, 3.8) is 0 Å². The van der Waals surface area contributed by atoms with E-state index in [4.69, 9.17) is 10.5 Å². The number of rotatable bonds is 14. The largest absolute Gasteiger partial charge is 0.459 e. The second kappa shape index (κ2) is 15.6. The summed E-state index contributed by atoms with van der Waals surface area (Å²) in [6.07, 6.45) is 2.31. The zero-order chi connectivity index (χ0) is 32.5. The summed E-state index contributed by atoms with van der Waals surface area (Å²) in [7, 11) is 0. The van der Waals surface area contributed by atoms with Gasteiger partial charge in [-0.3, -0.25) is 14.4 Å². The molecule has 0 aliphatic rings. The summed E-state index contributed by atoms with van der Waals surface area (Å²) < 4.78 is 62.7. The lowest BCUT2D eigenvalue weighted by atomic mass is 9.98. The number of Topliss-reactive ketones (excluding diaryl/α,β-unsaturated/α-hetero) is 1. The van der Waals surface area contributed by atoms with E-state index >= 15 is 0 Å². The summed E-state index contributed by atoms with van der Waals surface area (Å²) in [5.41, 5.74) is 4.56. The molecule has 0 saturated carbocycles. The van der Waals surface area contributed by atoms with Crippen LogP contribution in [0.5, 0.6) is 0 Å². The number of nitrogens with two attached hydrogens (primary N) is 1. The summed E-state index contributed by atoms with van der Waals surface area (Å²) in [5, 5.41) is 3.11. The minimum Gasteiger partial charge on any atom is -0.459 e. The summed E-state index contributed by atoms with van der Waals surface area (Å²) in [6, 6.07) is 4.12. The van der Waals surface area contributed by atoms with Gasteiger partial charge in [-0.1, -0.05) is 20.8 Å². The predicted octanol–water partition coefficient (Wildman–Crippen LogP) is 6.31. The van der Waals surface area contributed by atoms with Crippen molar-refractivity contribution in [1.29, 1.82) is 0 Å². The Morgan fingerprint density at radius 2 is 1.60 bits per heavy atom. The molecule has 43 heavy (non-hydrogen) atoms. The van der Waals surface area contributed by atoms with Crippen LogP contribution in [-0.2, 0) is 27.2 Å². The first kappa shape index (κ1) is 35.4. The van der Waals surface area contributed by atoms with E-state index < -0.39 is 70.0 Å². The summed E-state index contributed by atoms with van der Waals surface area (Å²) >= 11 is 0. The number of hydrogen-bond acceptors (Lipinski definition) is 6. The molecule has 1 atom stereocenters. The molecular formula is C33H40F4N2O4. The second-order valence-electron chi connectivity index (χ2n) is 11.7. The fraction of sp³-hybridized carbons (Fsp3) is 0.424. The van der Waals surface area contributed by atoms with Crippen LogP contribution in [0.1, 0.15) is 75.9 Å². The number of ether oxygens (including phenoxy) is 1. The Labute approximate surface area is 250 Å². The Hall–Kier alpha value is -3.79. The zero-order valence-corrected chi connectivity index (χ0v) is 25.5. The number of carbonyl (C=O) groups excluding carboxylic acids is 3. The fourth-order valence-electron chi connectivity index (χ4n) is 4.21. The Morgan fingerprint density at radius 1 is 0.977 bits per heavy atom. The van der Waals surface area contributed by atoms with Gasteiger partial charge in [-0.05, 0) is 94.5 Å². The maximum absolute atomic E-state index is 14.9. The van der Waals surface area contributed by atoms with E-state index in [9.17, 15) is 31.9 Å². The van der Waals surface area contributed by atoms with Crippen LogP contribution in [0.25, 0.3) is 0 Å². The third-order valence-corrected chi connectivity index (χ3v) is 6.34. The van der Waals surface area contributed by atoms with Gasteiger partial charge in [-0.15, -0.1) is 0 Å². The van der Waals surface area contributed by atoms with E-state index in [0.717, 1.165) is 36.4 Å². The van der Waals surface area contributed by atoms with Crippen molar-refractivity contribution in [2.45, 2.75) is 78.9 Å². The smallest absolute Gasteiger partial charge is 0.323 e. The Morgan fingerprint density at radius 3 is 2.14 bits per heavy atom. The topological polar surface area (TPSA) is 98.5 Å². The van der Waals surface area contributed by atoms with Gasteiger partial charge in [0.05, 0.1) is 5.56 Å². The molecule has 0 unspecified atom stereocenters. The zero-order valence-electron chi connectivity index (χ0n) is 25.5. The molecule has 0 aliphatic heterocycles. The van der Waals surface area contributed by atoms with Crippen LogP contribution in [-0.4, -0.2) is 35.7 Å². The van der Waals surface area contributed by atoms with Crippen molar-refractivity contribution >= 4 is 17.5 Å². The van der Waals surface area contributed by atoms with Crippen LogP contribution in [0.15, 0.2) is 53.8 Å². The molecule has 10 heteroatoms. The molecule has 2 aromatic rings. The maximum atomic E-state index is 14.9. The Balaban J connectivity index is 2.13. The minimum atomic E-state index is -1.09. The first-order valence-corrected chi connectivity index (χ1v) is 14.1. The third-order valence-electron chi connectivity index (χ3n) is 6.34.